The fraction of sp³-hybridized carbons (Fsp3) is 0.846. The van der Waals surface area contributed by atoms with Crippen LogP contribution in [0, 0.1) is 0 Å². The predicted molar refractivity (Wildman–Crippen MR) is 73.0 cm³/mol. The summed E-state index contributed by atoms with van der Waals surface area (Å²) < 4.78 is 25.6. The molecular weight excluding hydrogens is 232 g/mol. The molecule has 5 heteroatoms. The van der Waals surface area contributed by atoms with Crippen molar-refractivity contribution in [3.8, 4) is 0 Å². The summed E-state index contributed by atoms with van der Waals surface area (Å²) in [7, 11) is 2.91. The maximum Gasteiger partial charge on any atom is 0.524 e. The van der Waals surface area contributed by atoms with E-state index in [0.717, 1.165) is 0 Å². The van der Waals surface area contributed by atoms with Crippen LogP contribution in [-0.4, -0.2) is 42.9 Å². The third kappa shape index (κ3) is 2.95. The molecule has 1 saturated heterocycles. The van der Waals surface area contributed by atoms with Crippen LogP contribution in [0.3, 0.4) is 0 Å². The monoisotopic (exact) mass is 257 g/mol. The Bertz CT molecular complexity index is 335. The lowest BCUT2D eigenvalue weighted by molar-refractivity contribution is 0.00578. The summed E-state index contributed by atoms with van der Waals surface area (Å²) >= 11 is 0. The molecule has 0 aromatic rings. The minimum absolute atomic E-state index is 0.368. The Labute approximate surface area is 110 Å². The normalized spacial score (nSPS) is 23.9. The lowest BCUT2D eigenvalue weighted by Gasteiger charge is -2.32. The van der Waals surface area contributed by atoms with Gasteiger partial charge in [-0.2, -0.15) is 0 Å². The third-order valence-corrected chi connectivity index (χ3v) is 4.12. The summed E-state index contributed by atoms with van der Waals surface area (Å²) in [6, 6.07) is 0. The molecular formula is C13H25BFNO2. The fourth-order valence-corrected chi connectivity index (χ4v) is 1.49. The summed E-state index contributed by atoms with van der Waals surface area (Å²) in [5, 5.41) is 0. The Morgan fingerprint density at radius 3 is 1.83 bits per heavy atom. The molecule has 1 rings (SSSR count). The van der Waals surface area contributed by atoms with E-state index in [2.05, 4.69) is 0 Å². The summed E-state index contributed by atoms with van der Waals surface area (Å²) in [5.74, 6) is 0. The van der Waals surface area contributed by atoms with Gasteiger partial charge in [-0.25, -0.2) is 4.39 Å². The van der Waals surface area contributed by atoms with E-state index in [9.17, 15) is 4.39 Å². The van der Waals surface area contributed by atoms with Crippen molar-refractivity contribution in [3.63, 3.8) is 0 Å². The molecule has 0 aliphatic carbocycles. The average molecular weight is 257 g/mol. The predicted octanol–water partition coefficient (Wildman–Crippen LogP) is 2.81. The van der Waals surface area contributed by atoms with Gasteiger partial charge in [-0.1, -0.05) is 0 Å². The van der Waals surface area contributed by atoms with Gasteiger partial charge in [-0.05, 0) is 61.7 Å². The van der Waals surface area contributed by atoms with E-state index in [0.29, 0.717) is 0 Å². The van der Waals surface area contributed by atoms with Gasteiger partial charge >= 0.3 is 7.12 Å². The third-order valence-electron chi connectivity index (χ3n) is 4.12. The molecule has 0 spiro atoms. The Balaban J connectivity index is 2.89. The van der Waals surface area contributed by atoms with E-state index in [1.165, 1.54) is 0 Å². The zero-order valence-corrected chi connectivity index (χ0v) is 12.8. The molecule has 0 unspecified atom stereocenters. The second-order valence-electron chi connectivity index (χ2n) is 6.67. The first kappa shape index (κ1) is 15.7. The molecule has 1 fully saturated rings. The van der Waals surface area contributed by atoms with Gasteiger partial charge in [0.05, 0.1) is 11.2 Å². The Morgan fingerprint density at radius 2 is 1.50 bits per heavy atom. The van der Waals surface area contributed by atoms with Crippen LogP contribution in [0.5, 0.6) is 0 Å². The van der Waals surface area contributed by atoms with Crippen LogP contribution in [0.1, 0.15) is 41.5 Å². The Hall–Kier alpha value is -0.385. The van der Waals surface area contributed by atoms with Crippen LogP contribution in [0.2, 0.25) is 0 Å². The number of hydrogen-bond donors (Lipinski definition) is 0. The van der Waals surface area contributed by atoms with Crippen molar-refractivity contribution in [2.75, 3.05) is 14.1 Å². The van der Waals surface area contributed by atoms with Crippen LogP contribution >= 0.6 is 0 Å². The highest BCUT2D eigenvalue weighted by Crippen LogP contribution is 2.39. The van der Waals surface area contributed by atoms with Gasteiger partial charge in [0.2, 0.25) is 0 Å². The highest BCUT2D eigenvalue weighted by atomic mass is 19.1. The van der Waals surface area contributed by atoms with Crippen molar-refractivity contribution in [2.45, 2.75) is 58.3 Å². The first-order valence-corrected chi connectivity index (χ1v) is 6.30. The van der Waals surface area contributed by atoms with E-state index in [1.807, 2.05) is 60.5 Å². The Morgan fingerprint density at radius 1 is 1.11 bits per heavy atom. The minimum atomic E-state index is -0.908. The molecule has 0 atom stereocenters. The van der Waals surface area contributed by atoms with E-state index in [1.54, 1.807) is 6.08 Å². The van der Waals surface area contributed by atoms with Gasteiger partial charge in [0.1, 0.15) is 5.73 Å². The maximum absolute atomic E-state index is 14.2. The molecule has 1 aliphatic rings. The van der Waals surface area contributed by atoms with Crippen LogP contribution in [0.25, 0.3) is 0 Å². The van der Waals surface area contributed by atoms with Crippen LogP contribution < -0.4 is 0 Å². The van der Waals surface area contributed by atoms with Crippen molar-refractivity contribution >= 4 is 7.12 Å². The van der Waals surface area contributed by atoms with Gasteiger partial charge in [-0.3, -0.25) is 0 Å². The first-order valence-electron chi connectivity index (χ1n) is 6.30. The van der Waals surface area contributed by atoms with Crippen LogP contribution in [0.4, 0.5) is 4.39 Å². The standard InChI is InChI=1S/C13H25BFNO2/c1-11(2,16(7)8)9-10(15)14-17-12(3,4)13(5,6)18-14/h9H,1-8H3. The maximum atomic E-state index is 14.2. The molecule has 18 heavy (non-hydrogen) atoms. The van der Waals surface area contributed by atoms with Crippen molar-refractivity contribution < 1.29 is 13.7 Å². The van der Waals surface area contributed by atoms with Crippen molar-refractivity contribution in [3.05, 3.63) is 11.8 Å². The van der Waals surface area contributed by atoms with E-state index in [-0.39, 0.29) is 11.3 Å². The number of likely N-dealkylation sites (N-methyl/N-ethyl adjacent to an activating group) is 1. The second-order valence-corrected chi connectivity index (χ2v) is 6.67. The lowest BCUT2D eigenvalue weighted by atomic mass is 9.84. The number of hydrogen-bond acceptors (Lipinski definition) is 3. The molecule has 0 amide bonds. The van der Waals surface area contributed by atoms with Gasteiger partial charge in [-0.15, -0.1) is 0 Å². The fourth-order valence-electron chi connectivity index (χ4n) is 1.49. The quantitative estimate of drug-likeness (QED) is 0.726. The van der Waals surface area contributed by atoms with Crippen molar-refractivity contribution in [1.82, 2.24) is 4.90 Å². The largest absolute Gasteiger partial charge is 0.524 e. The highest BCUT2D eigenvalue weighted by Gasteiger charge is 2.53. The molecule has 0 radical (unpaired) electrons. The van der Waals surface area contributed by atoms with E-state index in [4.69, 9.17) is 9.31 Å². The molecule has 1 heterocycles. The van der Waals surface area contributed by atoms with Crippen molar-refractivity contribution in [1.29, 1.82) is 0 Å². The SMILES string of the molecule is CN(C)C(C)(C)C=C(F)B1OC(C)(C)C(C)(C)O1. The molecule has 3 nitrogen and oxygen atoms in total. The van der Waals surface area contributed by atoms with Crippen LogP contribution in [-0.2, 0) is 9.31 Å². The topological polar surface area (TPSA) is 21.7 Å². The molecule has 0 bridgehead atoms. The van der Waals surface area contributed by atoms with Gasteiger partial charge < -0.3 is 14.2 Å². The van der Waals surface area contributed by atoms with Gasteiger partial charge in [0.15, 0.2) is 0 Å². The number of halogens is 1. The second kappa shape index (κ2) is 4.62. The summed E-state index contributed by atoms with van der Waals surface area (Å²) in [5.41, 5.74) is -1.77. The van der Waals surface area contributed by atoms with Gasteiger partial charge in [0, 0.05) is 5.54 Å². The highest BCUT2D eigenvalue weighted by molar-refractivity contribution is 6.53. The zero-order chi connectivity index (χ0) is 14.4. The van der Waals surface area contributed by atoms with E-state index >= 15 is 0 Å². The zero-order valence-electron chi connectivity index (χ0n) is 12.8. The molecule has 104 valence electrons. The van der Waals surface area contributed by atoms with Crippen molar-refractivity contribution in [2.24, 2.45) is 0 Å². The summed E-state index contributed by atoms with van der Waals surface area (Å²) in [4.78, 5) is 1.94. The smallest absolute Gasteiger partial charge is 0.398 e. The molecule has 1 aliphatic heterocycles. The lowest BCUT2D eigenvalue weighted by Crippen LogP contribution is -2.41. The molecule has 0 aromatic carbocycles. The van der Waals surface area contributed by atoms with Crippen LogP contribution in [0.15, 0.2) is 11.8 Å². The number of nitrogens with zero attached hydrogens (tertiary/aromatic N) is 1. The Kier molecular flexibility index (Phi) is 4.02. The van der Waals surface area contributed by atoms with E-state index < -0.39 is 18.3 Å². The average Bonchev–Trinajstić information content (AvgIpc) is 2.35. The summed E-state index contributed by atoms with van der Waals surface area (Å²) in [6.45, 7) is 11.5. The molecule has 0 N–H and O–H groups in total. The molecule has 0 saturated carbocycles. The minimum Gasteiger partial charge on any atom is -0.398 e. The first-order chi connectivity index (χ1) is 7.89. The van der Waals surface area contributed by atoms with Gasteiger partial charge in [0.25, 0.3) is 0 Å². The molecule has 0 aromatic heterocycles. The number of rotatable bonds is 3. The summed E-state index contributed by atoms with van der Waals surface area (Å²) in [6.07, 6.45) is 1.55.